The van der Waals surface area contributed by atoms with Gasteiger partial charge in [-0.25, -0.2) is 0 Å². The van der Waals surface area contributed by atoms with E-state index in [0.717, 1.165) is 44.5 Å². The first-order valence-electron chi connectivity index (χ1n) is 14.7. The minimum Gasteiger partial charge on any atom is -0.872 e. The predicted molar refractivity (Wildman–Crippen MR) is 192 cm³/mol. The van der Waals surface area contributed by atoms with Gasteiger partial charge >= 0.3 is 10.1 Å². The van der Waals surface area contributed by atoms with Gasteiger partial charge in [0.2, 0.25) is 0 Å². The first-order chi connectivity index (χ1) is 21.6. The van der Waals surface area contributed by atoms with Gasteiger partial charge in [0.15, 0.2) is 0 Å². The van der Waals surface area contributed by atoms with Crippen LogP contribution < -0.4 is 10.2 Å². The average molecular weight is 600 g/mol. The molecule has 0 aromatic heterocycles. The van der Waals surface area contributed by atoms with Crippen molar-refractivity contribution in [3.8, 4) is 16.9 Å². The number of benzene rings is 5. The number of hydrogen-bond donors (Lipinski definition) is 0. The van der Waals surface area contributed by atoms with Crippen LogP contribution in [0.3, 0.4) is 0 Å². The molecule has 0 aliphatic heterocycles. The van der Waals surface area contributed by atoms with Crippen molar-refractivity contribution in [2.75, 3.05) is 6.61 Å². The zero-order valence-electron chi connectivity index (χ0n) is 25.4. The summed E-state index contributed by atoms with van der Waals surface area (Å²) >= 11 is 1.53. The molecular weight excluding hydrogens is 566 g/mol. The maximum absolute atomic E-state index is 12.8. The van der Waals surface area contributed by atoms with Crippen molar-refractivity contribution < 1.29 is 10.2 Å². The molecular formula is C41H34BeO2S. The van der Waals surface area contributed by atoms with Gasteiger partial charge in [-0.3, -0.25) is 0 Å². The van der Waals surface area contributed by atoms with Gasteiger partial charge in [0.25, 0.3) is 0 Å². The van der Waals surface area contributed by atoms with Crippen LogP contribution in [0.25, 0.3) is 41.0 Å². The Morgan fingerprint density at radius 1 is 0.644 bits per heavy atom. The number of thioether (sulfide) groups is 1. The molecule has 45 heavy (non-hydrogen) atoms. The van der Waals surface area contributed by atoms with Gasteiger partial charge in [-0.1, -0.05) is 164 Å². The zero-order chi connectivity index (χ0) is 30.6. The molecule has 0 amide bonds. The molecule has 0 spiro atoms. The molecule has 2 nitrogen and oxygen atoms in total. The molecule has 4 heteroatoms. The summed E-state index contributed by atoms with van der Waals surface area (Å²) < 4.78 is 0. The zero-order valence-corrected chi connectivity index (χ0v) is 26.2. The SMILES string of the molecule is CC(/C=C(\C=C/C[O-])c1ccc(/C=C/c2ccccc2)cc1)Sc1cc(-c2ccc(/C=C/c3ccccc3)cc2)ccc1[O-].[Be+2]. The topological polar surface area (TPSA) is 46.1 Å². The smallest absolute Gasteiger partial charge is 0.872 e. The molecule has 0 heterocycles. The maximum atomic E-state index is 12.8. The van der Waals surface area contributed by atoms with Crippen LogP contribution in [0.4, 0.5) is 0 Å². The Morgan fingerprint density at radius 2 is 1.13 bits per heavy atom. The van der Waals surface area contributed by atoms with Crippen molar-refractivity contribution in [1.29, 1.82) is 0 Å². The van der Waals surface area contributed by atoms with Crippen molar-refractivity contribution in [2.45, 2.75) is 17.1 Å². The van der Waals surface area contributed by atoms with Crippen LogP contribution in [-0.4, -0.2) is 22.0 Å². The third-order valence-corrected chi connectivity index (χ3v) is 8.17. The molecule has 5 aromatic carbocycles. The molecule has 0 bridgehead atoms. The van der Waals surface area contributed by atoms with Crippen LogP contribution in [0, 0.1) is 0 Å². The monoisotopic (exact) mass is 599 g/mol. The maximum Gasteiger partial charge on any atom is 2.00 e. The fraction of sp³-hybridized carbons (Fsp3) is 0.0732. The van der Waals surface area contributed by atoms with E-state index in [1.807, 2.05) is 54.6 Å². The van der Waals surface area contributed by atoms with Crippen LogP contribution >= 0.6 is 11.8 Å². The summed E-state index contributed by atoms with van der Waals surface area (Å²) in [6, 6.07) is 42.6. The van der Waals surface area contributed by atoms with Crippen LogP contribution in [0.2, 0.25) is 0 Å². The first-order valence-corrected chi connectivity index (χ1v) is 15.6. The number of allylic oxidation sites excluding steroid dienone is 2. The standard InChI is InChI=1S/C41H35O2S.Be/c1-31(29-38(13-8-28-42)36-22-18-34(19-23-36)16-14-32-9-4-2-5-10-32)44-41-30-39(26-27-40(41)43)37-24-20-35(21-25-37)17-15-33-11-6-3-7-12-33;/h2-27,29-31,43H,28H2,1H3;/q-1;+2/p-1/b13-8-,16-14+,17-15+,38-29+;. The minimum absolute atomic E-state index is 0. The molecule has 1 unspecified atom stereocenters. The molecule has 0 N–H and O–H groups in total. The van der Waals surface area contributed by atoms with Crippen molar-refractivity contribution in [1.82, 2.24) is 0 Å². The Labute approximate surface area is 275 Å². The van der Waals surface area contributed by atoms with E-state index in [1.165, 1.54) is 11.8 Å². The molecule has 5 aromatic rings. The quantitative estimate of drug-likeness (QED) is 0.0659. The van der Waals surface area contributed by atoms with E-state index < -0.39 is 0 Å². The predicted octanol–water partition coefficient (Wildman–Crippen LogP) is 8.87. The largest absolute Gasteiger partial charge is 2.00 e. The summed E-state index contributed by atoms with van der Waals surface area (Å²) in [7, 11) is 0. The second-order valence-electron chi connectivity index (χ2n) is 10.4. The van der Waals surface area contributed by atoms with Crippen molar-refractivity contribution in [3.63, 3.8) is 0 Å². The van der Waals surface area contributed by atoms with Crippen LogP contribution in [0.1, 0.15) is 34.7 Å². The summed E-state index contributed by atoms with van der Waals surface area (Å²) in [5.41, 5.74) is 8.58. The molecule has 0 saturated heterocycles. The van der Waals surface area contributed by atoms with Crippen molar-refractivity contribution >= 4 is 51.8 Å². The van der Waals surface area contributed by atoms with Crippen LogP contribution in [0.5, 0.6) is 5.75 Å². The third kappa shape index (κ3) is 9.92. The Hall–Kier alpha value is -4.66. The minimum atomic E-state index is -0.287. The van der Waals surface area contributed by atoms with Gasteiger partial charge in [-0.2, -0.15) is 0 Å². The van der Waals surface area contributed by atoms with Crippen molar-refractivity contribution in [3.05, 3.63) is 173 Å². The Balaban J connectivity index is 0.00000461. The Bertz CT molecular complexity index is 1760. The van der Waals surface area contributed by atoms with Gasteiger partial charge in [-0.15, -0.1) is 24.4 Å². The fourth-order valence-electron chi connectivity index (χ4n) is 4.78. The fourth-order valence-corrected chi connectivity index (χ4v) is 5.77. The van der Waals surface area contributed by atoms with Crippen LogP contribution in [0.15, 0.2) is 151 Å². The average Bonchev–Trinajstić information content (AvgIpc) is 3.07. The Kier molecular flexibility index (Phi) is 12.5. The third-order valence-electron chi connectivity index (χ3n) is 7.09. The van der Waals surface area contributed by atoms with Crippen molar-refractivity contribution in [2.24, 2.45) is 0 Å². The molecule has 218 valence electrons. The van der Waals surface area contributed by atoms with Gasteiger partial charge < -0.3 is 10.2 Å². The normalized spacial score (nSPS) is 12.5. The number of hydrogen-bond acceptors (Lipinski definition) is 3. The second kappa shape index (κ2) is 17.0. The van der Waals surface area contributed by atoms with Crippen LogP contribution in [-0.2, 0) is 0 Å². The summed E-state index contributed by atoms with van der Waals surface area (Å²) in [5, 5.41) is 24.1. The van der Waals surface area contributed by atoms with E-state index in [4.69, 9.17) is 0 Å². The molecule has 1 atom stereocenters. The molecule has 0 radical (unpaired) electrons. The van der Waals surface area contributed by atoms with E-state index in [9.17, 15) is 10.2 Å². The van der Waals surface area contributed by atoms with E-state index in [-0.39, 0.29) is 27.7 Å². The van der Waals surface area contributed by atoms with Gasteiger partial charge in [0, 0.05) is 10.1 Å². The Morgan fingerprint density at radius 3 is 1.67 bits per heavy atom. The van der Waals surface area contributed by atoms with Gasteiger partial charge in [0.1, 0.15) is 0 Å². The molecule has 0 fully saturated rings. The molecule has 0 saturated carbocycles. The molecule has 0 aliphatic carbocycles. The summed E-state index contributed by atoms with van der Waals surface area (Å²) in [4.78, 5) is 0.702. The van der Waals surface area contributed by atoms with E-state index in [0.29, 0.717) is 4.90 Å². The van der Waals surface area contributed by atoms with Gasteiger partial charge in [-0.05, 0) is 57.5 Å². The first kappa shape index (κ1) is 33.2. The molecule has 0 aliphatic rings. The van der Waals surface area contributed by atoms with E-state index >= 15 is 0 Å². The van der Waals surface area contributed by atoms with E-state index in [1.54, 1.807) is 12.1 Å². The van der Waals surface area contributed by atoms with E-state index in [2.05, 4.69) is 110 Å². The number of rotatable bonds is 11. The second-order valence-corrected chi connectivity index (χ2v) is 11.8. The van der Waals surface area contributed by atoms with Gasteiger partial charge in [0.05, 0.1) is 0 Å². The molecule has 5 rings (SSSR count). The summed E-state index contributed by atoms with van der Waals surface area (Å²) in [5.74, 6) is 0.00706. The summed E-state index contributed by atoms with van der Waals surface area (Å²) in [6.07, 6.45) is 14.0. The summed E-state index contributed by atoms with van der Waals surface area (Å²) in [6.45, 7) is 1.79.